The quantitative estimate of drug-likeness (QED) is 0.413. The van der Waals surface area contributed by atoms with Crippen molar-refractivity contribution < 1.29 is 8.78 Å². The first-order valence-electron chi connectivity index (χ1n) is 9.96. The average Bonchev–Trinajstić information content (AvgIpc) is 3.35. The van der Waals surface area contributed by atoms with Crippen LogP contribution < -0.4 is 0 Å². The Balaban J connectivity index is 1.35. The minimum Gasteiger partial charge on any atom is -0.294 e. The van der Waals surface area contributed by atoms with Crippen molar-refractivity contribution >= 4 is 32.6 Å². The molecule has 2 aromatic heterocycles. The predicted molar refractivity (Wildman–Crippen MR) is 113 cm³/mol. The van der Waals surface area contributed by atoms with Crippen LogP contribution in [0.1, 0.15) is 49.1 Å². The van der Waals surface area contributed by atoms with E-state index in [1.807, 2.05) is 25.1 Å². The molecule has 1 saturated heterocycles. The van der Waals surface area contributed by atoms with Crippen LogP contribution in [0.4, 0.5) is 8.78 Å². The number of piperidine rings is 1. The van der Waals surface area contributed by atoms with Crippen LogP contribution in [-0.4, -0.2) is 32.5 Å². The van der Waals surface area contributed by atoms with Gasteiger partial charge >= 0.3 is 6.55 Å². The number of para-hydroxylation sites is 3. The van der Waals surface area contributed by atoms with Gasteiger partial charge in [-0.1, -0.05) is 24.3 Å². The number of rotatable bonds is 4. The Morgan fingerprint density at radius 1 is 0.966 bits per heavy atom. The molecule has 1 unspecified atom stereocenters. The number of halogens is 2. The first-order valence-corrected chi connectivity index (χ1v) is 10.8. The number of fused-ring (bicyclic) bond motifs is 2. The summed E-state index contributed by atoms with van der Waals surface area (Å²) in [5.41, 5.74) is 2.18. The second-order valence-electron chi connectivity index (χ2n) is 7.61. The first kappa shape index (κ1) is 18.6. The van der Waals surface area contributed by atoms with Crippen molar-refractivity contribution in [3.63, 3.8) is 0 Å². The second-order valence-corrected chi connectivity index (χ2v) is 8.67. The van der Waals surface area contributed by atoms with E-state index in [4.69, 9.17) is 4.98 Å². The van der Waals surface area contributed by atoms with Crippen molar-refractivity contribution in [2.75, 3.05) is 13.1 Å². The standard InChI is InChI=1S/C22H22F2N4S/c1-14(20-25-16-6-2-4-8-18(16)28(20)22(23)24)27-12-10-15(11-13-27)21-26-17-7-3-5-9-19(17)29-21/h2-9,14-15,22H,10-13H2,1H3. The van der Waals surface area contributed by atoms with Crippen LogP contribution in [0.5, 0.6) is 0 Å². The van der Waals surface area contributed by atoms with Crippen LogP contribution in [0, 0.1) is 0 Å². The lowest BCUT2D eigenvalue weighted by Crippen LogP contribution is -2.36. The fourth-order valence-corrected chi connectivity index (χ4v) is 5.46. The van der Waals surface area contributed by atoms with Crippen molar-refractivity contribution in [2.45, 2.75) is 38.3 Å². The van der Waals surface area contributed by atoms with Gasteiger partial charge in [0.25, 0.3) is 0 Å². The maximum atomic E-state index is 13.8. The zero-order valence-corrected chi connectivity index (χ0v) is 16.9. The predicted octanol–water partition coefficient (Wildman–Crippen LogP) is 5.98. The minimum absolute atomic E-state index is 0.160. The molecule has 0 bridgehead atoms. The zero-order chi connectivity index (χ0) is 20.0. The first-order chi connectivity index (χ1) is 14.1. The second kappa shape index (κ2) is 7.46. The Bertz CT molecular complexity index is 1110. The van der Waals surface area contributed by atoms with E-state index in [0.717, 1.165) is 36.0 Å². The van der Waals surface area contributed by atoms with Gasteiger partial charge in [0.05, 0.1) is 32.3 Å². The maximum Gasteiger partial charge on any atom is 0.320 e. The molecule has 0 N–H and O–H groups in total. The number of alkyl halides is 2. The van der Waals surface area contributed by atoms with Crippen LogP contribution >= 0.6 is 11.3 Å². The minimum atomic E-state index is -2.60. The molecule has 7 heteroatoms. The molecule has 29 heavy (non-hydrogen) atoms. The lowest BCUT2D eigenvalue weighted by Gasteiger charge is -2.35. The van der Waals surface area contributed by atoms with Gasteiger partial charge in [0.1, 0.15) is 5.82 Å². The highest BCUT2D eigenvalue weighted by Gasteiger charge is 2.30. The molecule has 1 fully saturated rings. The number of imidazole rings is 1. The normalized spacial score (nSPS) is 17.5. The van der Waals surface area contributed by atoms with Crippen LogP contribution in [0.2, 0.25) is 0 Å². The zero-order valence-electron chi connectivity index (χ0n) is 16.1. The topological polar surface area (TPSA) is 34.0 Å². The summed E-state index contributed by atoms with van der Waals surface area (Å²) in [6.45, 7) is 1.10. The molecule has 0 aliphatic carbocycles. The molecule has 0 radical (unpaired) electrons. The van der Waals surface area contributed by atoms with Gasteiger partial charge in [-0.2, -0.15) is 8.78 Å². The molecule has 1 aliphatic rings. The third-order valence-corrected chi connectivity index (χ3v) is 7.13. The summed E-state index contributed by atoms with van der Waals surface area (Å²) >= 11 is 1.77. The number of nitrogens with zero attached hydrogens (tertiary/aromatic N) is 4. The average molecular weight is 413 g/mol. The van der Waals surface area contributed by atoms with E-state index >= 15 is 0 Å². The van der Waals surface area contributed by atoms with E-state index in [0.29, 0.717) is 22.8 Å². The molecule has 4 aromatic rings. The van der Waals surface area contributed by atoms with Gasteiger partial charge in [0.2, 0.25) is 0 Å². The van der Waals surface area contributed by atoms with Crippen molar-refractivity contribution in [3.8, 4) is 0 Å². The molecular formula is C22H22F2N4S. The van der Waals surface area contributed by atoms with Crippen LogP contribution in [-0.2, 0) is 0 Å². The van der Waals surface area contributed by atoms with E-state index in [9.17, 15) is 8.78 Å². The van der Waals surface area contributed by atoms with E-state index in [1.54, 1.807) is 29.5 Å². The number of benzene rings is 2. The molecule has 1 aliphatic heterocycles. The summed E-state index contributed by atoms with van der Waals surface area (Å²) in [6.07, 6.45) is 1.97. The highest BCUT2D eigenvalue weighted by molar-refractivity contribution is 7.18. The molecule has 4 nitrogen and oxygen atoms in total. The van der Waals surface area contributed by atoms with E-state index < -0.39 is 6.55 Å². The third-order valence-electron chi connectivity index (χ3n) is 5.93. The summed E-state index contributed by atoms with van der Waals surface area (Å²) in [4.78, 5) is 11.6. The Morgan fingerprint density at radius 2 is 1.66 bits per heavy atom. The van der Waals surface area contributed by atoms with Crippen LogP contribution in [0.25, 0.3) is 21.3 Å². The summed E-state index contributed by atoms with van der Waals surface area (Å²) < 4.78 is 29.9. The van der Waals surface area contributed by atoms with E-state index in [2.05, 4.69) is 22.0 Å². The lowest BCUT2D eigenvalue weighted by molar-refractivity contribution is 0.0623. The third kappa shape index (κ3) is 3.32. The highest BCUT2D eigenvalue weighted by atomic mass is 32.1. The summed E-state index contributed by atoms with van der Waals surface area (Å²) in [5.74, 6) is 0.879. The molecule has 3 heterocycles. The van der Waals surface area contributed by atoms with Crippen LogP contribution in [0.15, 0.2) is 48.5 Å². The van der Waals surface area contributed by atoms with Gasteiger partial charge in [-0.3, -0.25) is 9.47 Å². The summed E-state index contributed by atoms with van der Waals surface area (Å²) in [6, 6.07) is 15.2. The molecular weight excluding hydrogens is 390 g/mol. The number of hydrogen-bond acceptors (Lipinski definition) is 4. The van der Waals surface area contributed by atoms with Gasteiger partial charge in [0.15, 0.2) is 0 Å². The smallest absolute Gasteiger partial charge is 0.294 e. The molecule has 150 valence electrons. The van der Waals surface area contributed by atoms with E-state index in [-0.39, 0.29) is 6.04 Å². The fourth-order valence-electron chi connectivity index (χ4n) is 4.32. The van der Waals surface area contributed by atoms with Crippen LogP contribution in [0.3, 0.4) is 0 Å². The number of likely N-dealkylation sites (tertiary alicyclic amines) is 1. The summed E-state index contributed by atoms with van der Waals surface area (Å²) in [7, 11) is 0. The molecule has 5 rings (SSSR count). The van der Waals surface area contributed by atoms with Gasteiger partial charge in [-0.15, -0.1) is 11.3 Å². The Morgan fingerprint density at radius 3 is 2.38 bits per heavy atom. The highest BCUT2D eigenvalue weighted by Crippen LogP contribution is 2.37. The lowest BCUT2D eigenvalue weighted by atomic mass is 9.96. The molecule has 2 aromatic carbocycles. The Kier molecular flexibility index (Phi) is 4.80. The Labute approximate surface area is 171 Å². The SMILES string of the molecule is CC(c1nc2ccccc2n1C(F)F)N1CCC(c2nc3ccccc3s2)CC1. The van der Waals surface area contributed by atoms with Crippen molar-refractivity contribution in [1.82, 2.24) is 19.4 Å². The van der Waals surface area contributed by atoms with Gasteiger partial charge < -0.3 is 0 Å². The van der Waals surface area contributed by atoms with E-state index in [1.165, 1.54) is 9.71 Å². The van der Waals surface area contributed by atoms with Crippen molar-refractivity contribution in [3.05, 3.63) is 59.4 Å². The number of aromatic nitrogens is 3. The van der Waals surface area contributed by atoms with Crippen molar-refractivity contribution in [1.29, 1.82) is 0 Å². The van der Waals surface area contributed by atoms with Gasteiger partial charge in [-0.05, 0) is 57.1 Å². The molecule has 1 atom stereocenters. The monoisotopic (exact) mass is 412 g/mol. The Hall–Kier alpha value is -2.38. The summed E-state index contributed by atoms with van der Waals surface area (Å²) in [5, 5.41) is 1.19. The number of hydrogen-bond donors (Lipinski definition) is 0. The maximum absolute atomic E-state index is 13.8. The van der Waals surface area contributed by atoms with Crippen molar-refractivity contribution in [2.24, 2.45) is 0 Å². The fraction of sp³-hybridized carbons (Fsp3) is 0.364. The molecule has 0 amide bonds. The van der Waals surface area contributed by atoms with Gasteiger partial charge in [-0.25, -0.2) is 9.97 Å². The molecule has 0 spiro atoms. The largest absolute Gasteiger partial charge is 0.320 e. The molecule has 0 saturated carbocycles. The number of thiazole rings is 1. The van der Waals surface area contributed by atoms with Gasteiger partial charge in [0, 0.05) is 5.92 Å².